The van der Waals surface area contributed by atoms with Crippen LogP contribution in [0.25, 0.3) is 10.6 Å². The molecule has 0 aliphatic rings. The standard InChI is InChI=1S/C18H19N5O2S/c1-24-14-9-6-10-15(25-2)13(14)11-20-17(19)21-18-23-22-16(26-18)12-7-4-3-5-8-12/h3-10H,11H2,1-2H3,(H3,19,20,21,23). The normalized spacial score (nSPS) is 10.2. The zero-order valence-electron chi connectivity index (χ0n) is 14.4. The zero-order valence-corrected chi connectivity index (χ0v) is 15.3. The molecule has 134 valence electrons. The molecule has 0 fully saturated rings. The molecule has 26 heavy (non-hydrogen) atoms. The van der Waals surface area contributed by atoms with Crippen molar-refractivity contribution < 1.29 is 9.47 Å². The molecule has 0 saturated heterocycles. The number of hydrogen-bond acceptors (Lipinski definition) is 6. The zero-order chi connectivity index (χ0) is 18.4. The maximum Gasteiger partial charge on any atom is 0.212 e. The van der Waals surface area contributed by atoms with Crippen molar-refractivity contribution in [2.75, 3.05) is 19.5 Å². The molecule has 1 aromatic heterocycles. The summed E-state index contributed by atoms with van der Waals surface area (Å²) in [4.78, 5) is 0. The molecule has 0 spiro atoms. The predicted molar refractivity (Wildman–Crippen MR) is 103 cm³/mol. The van der Waals surface area contributed by atoms with E-state index < -0.39 is 0 Å². The van der Waals surface area contributed by atoms with Crippen molar-refractivity contribution in [2.24, 2.45) is 0 Å². The molecular weight excluding hydrogens is 350 g/mol. The molecule has 3 aromatic rings. The number of hydrogen-bond donors (Lipinski definition) is 3. The van der Waals surface area contributed by atoms with Gasteiger partial charge in [0.15, 0.2) is 5.96 Å². The van der Waals surface area contributed by atoms with Gasteiger partial charge in [0.2, 0.25) is 5.13 Å². The van der Waals surface area contributed by atoms with Crippen LogP contribution in [0.3, 0.4) is 0 Å². The van der Waals surface area contributed by atoms with Crippen LogP contribution in [0.5, 0.6) is 11.5 Å². The molecule has 0 unspecified atom stereocenters. The first-order valence-corrected chi connectivity index (χ1v) is 8.71. The molecule has 0 radical (unpaired) electrons. The number of anilines is 1. The third-order valence-corrected chi connectivity index (χ3v) is 4.54. The first-order chi connectivity index (χ1) is 12.7. The van der Waals surface area contributed by atoms with E-state index in [4.69, 9.17) is 14.9 Å². The Kier molecular flexibility index (Phi) is 5.65. The quantitative estimate of drug-likeness (QED) is 0.456. The lowest BCUT2D eigenvalue weighted by molar-refractivity contribution is 0.384. The van der Waals surface area contributed by atoms with Crippen LogP contribution in [-0.4, -0.2) is 30.4 Å². The number of guanidine groups is 1. The van der Waals surface area contributed by atoms with Crippen molar-refractivity contribution in [3.05, 3.63) is 54.1 Å². The summed E-state index contributed by atoms with van der Waals surface area (Å²) in [5, 5.41) is 23.6. The monoisotopic (exact) mass is 369 g/mol. The van der Waals surface area contributed by atoms with Gasteiger partial charge >= 0.3 is 0 Å². The largest absolute Gasteiger partial charge is 0.496 e. The van der Waals surface area contributed by atoms with Gasteiger partial charge in [-0.3, -0.25) is 5.41 Å². The van der Waals surface area contributed by atoms with Crippen molar-refractivity contribution in [1.82, 2.24) is 15.5 Å². The third-order valence-electron chi connectivity index (χ3n) is 3.65. The van der Waals surface area contributed by atoms with Crippen LogP contribution < -0.4 is 20.1 Å². The van der Waals surface area contributed by atoms with E-state index in [0.29, 0.717) is 23.2 Å². The summed E-state index contributed by atoms with van der Waals surface area (Å²) < 4.78 is 10.7. The van der Waals surface area contributed by atoms with Crippen molar-refractivity contribution in [1.29, 1.82) is 5.41 Å². The van der Waals surface area contributed by atoms with Crippen LogP contribution >= 0.6 is 11.3 Å². The Morgan fingerprint density at radius 3 is 2.35 bits per heavy atom. The Hall–Kier alpha value is -3.13. The summed E-state index contributed by atoms with van der Waals surface area (Å²) in [6, 6.07) is 15.4. The second-order valence-electron chi connectivity index (χ2n) is 5.27. The van der Waals surface area contributed by atoms with Crippen LogP contribution in [0.15, 0.2) is 48.5 Å². The van der Waals surface area contributed by atoms with Crippen LogP contribution in [0.4, 0.5) is 5.13 Å². The predicted octanol–water partition coefficient (Wildman–Crippen LogP) is 3.36. The lowest BCUT2D eigenvalue weighted by Gasteiger charge is -2.14. The molecule has 3 N–H and O–H groups in total. The van der Waals surface area contributed by atoms with E-state index in [-0.39, 0.29) is 5.96 Å². The number of benzene rings is 2. The SMILES string of the molecule is COc1cccc(OC)c1CNC(=N)Nc1nnc(-c2ccccc2)s1. The van der Waals surface area contributed by atoms with Crippen molar-refractivity contribution in [3.63, 3.8) is 0 Å². The smallest absolute Gasteiger partial charge is 0.212 e. The van der Waals surface area contributed by atoms with Gasteiger partial charge in [0.25, 0.3) is 0 Å². The van der Waals surface area contributed by atoms with E-state index >= 15 is 0 Å². The Morgan fingerprint density at radius 2 is 1.69 bits per heavy atom. The summed E-state index contributed by atoms with van der Waals surface area (Å²) in [5.41, 5.74) is 1.84. The van der Waals surface area contributed by atoms with Gasteiger partial charge in [-0.25, -0.2) is 0 Å². The summed E-state index contributed by atoms with van der Waals surface area (Å²) in [7, 11) is 3.21. The molecule has 0 aliphatic carbocycles. The molecule has 1 heterocycles. The van der Waals surface area contributed by atoms with Crippen LogP contribution in [0.2, 0.25) is 0 Å². The van der Waals surface area contributed by atoms with Gasteiger partial charge in [-0.2, -0.15) is 0 Å². The Balaban J connectivity index is 1.63. The molecule has 0 atom stereocenters. The lowest BCUT2D eigenvalue weighted by atomic mass is 10.1. The van der Waals surface area contributed by atoms with Gasteiger partial charge < -0.3 is 20.1 Å². The molecular formula is C18H19N5O2S. The van der Waals surface area contributed by atoms with Crippen molar-refractivity contribution in [2.45, 2.75) is 6.54 Å². The fraction of sp³-hybridized carbons (Fsp3) is 0.167. The van der Waals surface area contributed by atoms with Crippen molar-refractivity contribution in [3.8, 4) is 22.1 Å². The van der Waals surface area contributed by atoms with E-state index in [1.165, 1.54) is 11.3 Å². The summed E-state index contributed by atoms with van der Waals surface area (Å²) in [6.45, 7) is 0.378. The van der Waals surface area contributed by atoms with Gasteiger partial charge in [-0.05, 0) is 12.1 Å². The highest BCUT2D eigenvalue weighted by Gasteiger charge is 2.11. The van der Waals surface area contributed by atoms with Crippen LogP contribution in [0.1, 0.15) is 5.56 Å². The molecule has 8 heteroatoms. The highest BCUT2D eigenvalue weighted by Crippen LogP contribution is 2.28. The number of aromatic nitrogens is 2. The number of ether oxygens (including phenoxy) is 2. The highest BCUT2D eigenvalue weighted by molar-refractivity contribution is 7.18. The number of rotatable bonds is 6. The lowest BCUT2D eigenvalue weighted by Crippen LogP contribution is -2.29. The highest BCUT2D eigenvalue weighted by atomic mass is 32.1. The van der Waals surface area contributed by atoms with E-state index in [1.54, 1.807) is 14.2 Å². The molecule has 7 nitrogen and oxygen atoms in total. The summed E-state index contributed by atoms with van der Waals surface area (Å²) in [5.74, 6) is 1.52. The average Bonchev–Trinajstić information content (AvgIpc) is 3.15. The summed E-state index contributed by atoms with van der Waals surface area (Å²) in [6.07, 6.45) is 0. The van der Waals surface area contributed by atoms with E-state index in [1.807, 2.05) is 48.5 Å². The third kappa shape index (κ3) is 4.09. The minimum Gasteiger partial charge on any atom is -0.496 e. The molecule has 0 bridgehead atoms. The van der Waals surface area contributed by atoms with Gasteiger partial charge in [0.1, 0.15) is 16.5 Å². The molecule has 0 aliphatic heterocycles. The van der Waals surface area contributed by atoms with E-state index in [0.717, 1.165) is 16.1 Å². The fourth-order valence-electron chi connectivity index (χ4n) is 2.40. The Bertz CT molecular complexity index is 860. The second kappa shape index (κ2) is 8.30. The average molecular weight is 369 g/mol. The minimum atomic E-state index is 0.119. The Morgan fingerprint density at radius 1 is 1.00 bits per heavy atom. The molecule has 0 amide bonds. The molecule has 3 rings (SSSR count). The van der Waals surface area contributed by atoms with Gasteiger partial charge in [-0.15, -0.1) is 10.2 Å². The number of nitrogens with zero attached hydrogens (tertiary/aromatic N) is 2. The van der Waals surface area contributed by atoms with Crippen LogP contribution in [-0.2, 0) is 6.54 Å². The number of methoxy groups -OCH3 is 2. The summed E-state index contributed by atoms with van der Waals surface area (Å²) >= 11 is 1.39. The van der Waals surface area contributed by atoms with Gasteiger partial charge in [0, 0.05) is 5.56 Å². The van der Waals surface area contributed by atoms with Crippen molar-refractivity contribution >= 4 is 22.4 Å². The van der Waals surface area contributed by atoms with Crippen LogP contribution in [0, 0.1) is 5.41 Å². The van der Waals surface area contributed by atoms with Gasteiger partial charge in [-0.1, -0.05) is 47.7 Å². The topological polar surface area (TPSA) is 92.2 Å². The minimum absolute atomic E-state index is 0.119. The first-order valence-electron chi connectivity index (χ1n) is 7.89. The van der Waals surface area contributed by atoms with E-state index in [9.17, 15) is 0 Å². The van der Waals surface area contributed by atoms with Gasteiger partial charge in [0.05, 0.1) is 26.3 Å². The van der Waals surface area contributed by atoms with E-state index in [2.05, 4.69) is 20.8 Å². The number of nitrogens with one attached hydrogen (secondary N) is 3. The molecule has 2 aromatic carbocycles. The maximum absolute atomic E-state index is 8.08. The maximum atomic E-state index is 8.08. The first kappa shape index (κ1) is 17.7. The second-order valence-corrected chi connectivity index (χ2v) is 6.25. The molecule has 0 saturated carbocycles. The Labute approximate surface area is 155 Å². The fourth-order valence-corrected chi connectivity index (χ4v) is 3.15.